The molecule has 0 amide bonds. The number of rotatable bonds is 1. The van der Waals surface area contributed by atoms with E-state index in [0.717, 1.165) is 11.9 Å². The van der Waals surface area contributed by atoms with Crippen LogP contribution in [0, 0.1) is 6.92 Å². The molecule has 0 fully saturated rings. The predicted molar refractivity (Wildman–Crippen MR) is 53.7 cm³/mol. The Labute approximate surface area is 76.1 Å². The first-order valence-corrected chi connectivity index (χ1v) is 4.97. The molecular weight excluding hydrogens is 166 g/mol. The second-order valence-corrected chi connectivity index (χ2v) is 4.15. The van der Waals surface area contributed by atoms with Gasteiger partial charge in [0.05, 0.1) is 10.2 Å². The molecule has 12 heavy (non-hydrogen) atoms. The molecule has 0 atom stereocenters. The van der Waals surface area contributed by atoms with E-state index >= 15 is 0 Å². The number of thiophene rings is 1. The zero-order chi connectivity index (χ0) is 8.55. The summed E-state index contributed by atoms with van der Waals surface area (Å²) >= 11 is 1.84. The third kappa shape index (κ3) is 1.12. The Morgan fingerprint density at radius 1 is 1.50 bits per heavy atom. The van der Waals surface area contributed by atoms with E-state index in [9.17, 15) is 0 Å². The van der Waals surface area contributed by atoms with E-state index in [1.807, 2.05) is 17.5 Å². The minimum absolute atomic E-state index is 1.10. The van der Waals surface area contributed by atoms with Gasteiger partial charge in [-0.25, -0.2) is 0 Å². The molecule has 0 bridgehead atoms. The maximum atomic E-state index is 4.32. The molecule has 0 saturated heterocycles. The van der Waals surface area contributed by atoms with Crippen LogP contribution in [0.3, 0.4) is 0 Å². The Balaban J connectivity index is 2.78. The highest BCUT2D eigenvalue weighted by Gasteiger charge is 2.02. The largest absolute Gasteiger partial charge is 0.255 e. The molecule has 2 heteroatoms. The van der Waals surface area contributed by atoms with Crippen molar-refractivity contribution in [3.63, 3.8) is 0 Å². The molecule has 2 aromatic rings. The van der Waals surface area contributed by atoms with E-state index in [1.54, 1.807) is 0 Å². The third-order valence-corrected chi connectivity index (χ3v) is 3.11. The van der Waals surface area contributed by atoms with Crippen molar-refractivity contribution in [1.82, 2.24) is 4.98 Å². The molecular formula is C10H11NS. The number of hydrogen-bond donors (Lipinski definition) is 0. The summed E-state index contributed by atoms with van der Waals surface area (Å²) in [6.45, 7) is 4.32. The van der Waals surface area contributed by atoms with Gasteiger partial charge in [-0.05, 0) is 31.0 Å². The molecule has 0 unspecified atom stereocenters. The first-order chi connectivity index (χ1) is 5.81. The number of aryl methyl sites for hydroxylation is 2. The predicted octanol–water partition coefficient (Wildman–Crippen LogP) is 3.17. The van der Waals surface area contributed by atoms with Gasteiger partial charge in [-0.1, -0.05) is 6.92 Å². The molecule has 0 aliphatic rings. The summed E-state index contributed by atoms with van der Waals surface area (Å²) < 4.78 is 1.36. The summed E-state index contributed by atoms with van der Waals surface area (Å²) in [5.74, 6) is 0. The van der Waals surface area contributed by atoms with Crippen LogP contribution in [0.4, 0.5) is 0 Å². The van der Waals surface area contributed by atoms with Crippen molar-refractivity contribution in [3.05, 3.63) is 28.8 Å². The molecule has 0 aromatic carbocycles. The smallest absolute Gasteiger partial charge is 0.0815 e. The highest BCUT2D eigenvalue weighted by Crippen LogP contribution is 2.26. The van der Waals surface area contributed by atoms with Gasteiger partial charge in [0.15, 0.2) is 0 Å². The van der Waals surface area contributed by atoms with Crippen molar-refractivity contribution in [2.24, 2.45) is 0 Å². The number of hydrogen-bond acceptors (Lipinski definition) is 2. The van der Waals surface area contributed by atoms with Gasteiger partial charge in [0, 0.05) is 11.1 Å². The molecule has 0 saturated carbocycles. The second kappa shape index (κ2) is 2.87. The van der Waals surface area contributed by atoms with E-state index < -0.39 is 0 Å². The maximum absolute atomic E-state index is 4.32. The highest BCUT2D eigenvalue weighted by atomic mass is 32.1. The van der Waals surface area contributed by atoms with Crippen LogP contribution in [-0.4, -0.2) is 4.98 Å². The van der Waals surface area contributed by atoms with Crippen molar-refractivity contribution in [3.8, 4) is 0 Å². The Morgan fingerprint density at radius 3 is 3.08 bits per heavy atom. The Hall–Kier alpha value is -0.890. The van der Waals surface area contributed by atoms with Crippen LogP contribution in [0.15, 0.2) is 18.3 Å². The van der Waals surface area contributed by atoms with Gasteiger partial charge < -0.3 is 0 Å². The molecule has 1 nitrogen and oxygen atoms in total. The van der Waals surface area contributed by atoms with E-state index in [2.05, 4.69) is 31.0 Å². The van der Waals surface area contributed by atoms with Gasteiger partial charge in [0.2, 0.25) is 0 Å². The monoisotopic (exact) mass is 177 g/mol. The molecule has 0 aliphatic heterocycles. The van der Waals surface area contributed by atoms with Crippen LogP contribution < -0.4 is 0 Å². The molecule has 0 spiro atoms. The summed E-state index contributed by atoms with van der Waals surface area (Å²) in [6, 6.07) is 4.26. The van der Waals surface area contributed by atoms with E-state index in [4.69, 9.17) is 0 Å². The lowest BCUT2D eigenvalue weighted by Crippen LogP contribution is -1.80. The summed E-state index contributed by atoms with van der Waals surface area (Å²) in [4.78, 5) is 5.67. The van der Waals surface area contributed by atoms with Gasteiger partial charge in [-0.15, -0.1) is 11.3 Å². The van der Waals surface area contributed by atoms with E-state index in [0.29, 0.717) is 0 Å². The zero-order valence-electron chi connectivity index (χ0n) is 7.29. The minimum Gasteiger partial charge on any atom is -0.255 e. The fourth-order valence-electron chi connectivity index (χ4n) is 1.39. The normalized spacial score (nSPS) is 10.8. The number of fused-ring (bicyclic) bond motifs is 1. The molecule has 0 radical (unpaired) electrons. The van der Waals surface area contributed by atoms with E-state index in [1.165, 1.54) is 15.1 Å². The summed E-state index contributed by atoms with van der Waals surface area (Å²) in [7, 11) is 0. The van der Waals surface area contributed by atoms with Crippen LogP contribution >= 0.6 is 11.3 Å². The SMILES string of the molecule is CCc1ccnc2cc(C)sc12. The highest BCUT2D eigenvalue weighted by molar-refractivity contribution is 7.19. The average molecular weight is 177 g/mol. The number of pyridine rings is 1. The Morgan fingerprint density at radius 2 is 2.33 bits per heavy atom. The Bertz CT molecular complexity index is 403. The molecule has 2 aromatic heterocycles. The first kappa shape index (κ1) is 7.74. The topological polar surface area (TPSA) is 12.9 Å². The fraction of sp³-hybridized carbons (Fsp3) is 0.300. The van der Waals surface area contributed by atoms with Crippen LogP contribution in [-0.2, 0) is 6.42 Å². The van der Waals surface area contributed by atoms with Crippen molar-refractivity contribution in [1.29, 1.82) is 0 Å². The zero-order valence-corrected chi connectivity index (χ0v) is 8.11. The van der Waals surface area contributed by atoms with Gasteiger partial charge in [0.25, 0.3) is 0 Å². The number of nitrogens with zero attached hydrogens (tertiary/aromatic N) is 1. The van der Waals surface area contributed by atoms with E-state index in [-0.39, 0.29) is 0 Å². The Kier molecular flexibility index (Phi) is 1.85. The summed E-state index contributed by atoms with van der Waals surface area (Å²) in [5, 5.41) is 0. The van der Waals surface area contributed by atoms with Gasteiger partial charge in [-0.3, -0.25) is 4.98 Å². The van der Waals surface area contributed by atoms with Gasteiger partial charge in [0.1, 0.15) is 0 Å². The van der Waals surface area contributed by atoms with Crippen molar-refractivity contribution in [2.45, 2.75) is 20.3 Å². The second-order valence-electron chi connectivity index (χ2n) is 2.90. The third-order valence-electron chi connectivity index (χ3n) is 2.00. The lowest BCUT2D eigenvalue weighted by atomic mass is 10.2. The summed E-state index contributed by atoms with van der Waals surface area (Å²) in [6.07, 6.45) is 2.99. The van der Waals surface area contributed by atoms with Crippen LogP contribution in [0.5, 0.6) is 0 Å². The molecule has 2 rings (SSSR count). The van der Waals surface area contributed by atoms with Crippen molar-refractivity contribution >= 4 is 21.6 Å². The average Bonchev–Trinajstić information content (AvgIpc) is 2.44. The van der Waals surface area contributed by atoms with Crippen LogP contribution in [0.25, 0.3) is 10.2 Å². The molecule has 2 heterocycles. The maximum Gasteiger partial charge on any atom is 0.0815 e. The van der Waals surface area contributed by atoms with Gasteiger partial charge >= 0.3 is 0 Å². The van der Waals surface area contributed by atoms with Crippen molar-refractivity contribution in [2.75, 3.05) is 0 Å². The van der Waals surface area contributed by atoms with Crippen LogP contribution in [0.1, 0.15) is 17.4 Å². The lowest BCUT2D eigenvalue weighted by Gasteiger charge is -1.95. The quantitative estimate of drug-likeness (QED) is 0.652. The van der Waals surface area contributed by atoms with Crippen LogP contribution in [0.2, 0.25) is 0 Å². The lowest BCUT2D eigenvalue weighted by molar-refractivity contribution is 1.15. The molecule has 0 aliphatic carbocycles. The minimum atomic E-state index is 1.10. The standard InChI is InChI=1S/C10H11NS/c1-3-8-4-5-11-9-6-7(2)12-10(8)9/h4-6H,3H2,1-2H3. The first-order valence-electron chi connectivity index (χ1n) is 4.15. The summed E-state index contributed by atoms with van der Waals surface area (Å²) in [5.41, 5.74) is 2.56. The van der Waals surface area contributed by atoms with Gasteiger partial charge in [-0.2, -0.15) is 0 Å². The fourth-order valence-corrected chi connectivity index (χ4v) is 2.44. The number of aromatic nitrogens is 1. The van der Waals surface area contributed by atoms with Crippen molar-refractivity contribution < 1.29 is 0 Å². The molecule has 0 N–H and O–H groups in total. The molecule has 62 valence electrons.